The molecule has 0 spiro atoms. The fourth-order valence-corrected chi connectivity index (χ4v) is 2.31. The van der Waals surface area contributed by atoms with Crippen molar-refractivity contribution >= 4 is 16.0 Å². The number of methoxy groups -OCH3 is 1. The highest BCUT2D eigenvalue weighted by Gasteiger charge is 2.22. The SMILES string of the molecule is COC(=O)CS(=O)(=O)NC(C#N)c1ccccc1. The van der Waals surface area contributed by atoms with Gasteiger partial charge in [0.05, 0.1) is 13.2 Å². The summed E-state index contributed by atoms with van der Waals surface area (Å²) in [4.78, 5) is 10.9. The summed E-state index contributed by atoms with van der Waals surface area (Å²) in [5.41, 5.74) is 0.508. The fraction of sp³-hybridized carbons (Fsp3) is 0.273. The molecule has 0 heterocycles. The Morgan fingerprint density at radius 1 is 1.44 bits per heavy atom. The number of benzene rings is 1. The van der Waals surface area contributed by atoms with Crippen LogP contribution in [-0.2, 0) is 19.6 Å². The van der Waals surface area contributed by atoms with Gasteiger partial charge in [-0.05, 0) is 5.56 Å². The molecule has 0 saturated heterocycles. The third-order valence-corrected chi connectivity index (χ3v) is 3.31. The standard InChI is InChI=1S/C11H12N2O4S/c1-17-11(14)8-18(15,16)13-10(7-12)9-5-3-2-4-6-9/h2-6,10,13H,8H2,1H3. The Morgan fingerprint density at radius 3 is 2.56 bits per heavy atom. The van der Waals surface area contributed by atoms with Gasteiger partial charge < -0.3 is 4.74 Å². The first-order chi connectivity index (χ1) is 8.48. The smallest absolute Gasteiger partial charge is 0.322 e. The molecule has 0 aliphatic heterocycles. The van der Waals surface area contributed by atoms with E-state index in [2.05, 4.69) is 9.46 Å². The summed E-state index contributed by atoms with van der Waals surface area (Å²) in [6, 6.07) is 9.16. The summed E-state index contributed by atoms with van der Waals surface area (Å²) in [5, 5.41) is 8.94. The lowest BCUT2D eigenvalue weighted by molar-refractivity contribution is -0.137. The highest BCUT2D eigenvalue weighted by molar-refractivity contribution is 7.90. The largest absolute Gasteiger partial charge is 0.468 e. The van der Waals surface area contributed by atoms with Crippen molar-refractivity contribution in [3.05, 3.63) is 35.9 Å². The highest BCUT2D eigenvalue weighted by Crippen LogP contribution is 2.12. The Hall–Kier alpha value is -1.91. The van der Waals surface area contributed by atoms with Gasteiger partial charge in [0, 0.05) is 0 Å². The number of carbonyl (C=O) groups excluding carboxylic acids is 1. The minimum absolute atomic E-state index is 0.508. The third kappa shape index (κ3) is 4.16. The van der Waals surface area contributed by atoms with E-state index in [0.717, 1.165) is 7.11 Å². The number of hydrogen-bond donors (Lipinski definition) is 1. The molecular formula is C11H12N2O4S. The molecule has 0 amide bonds. The van der Waals surface area contributed by atoms with E-state index in [1.807, 2.05) is 6.07 Å². The molecule has 0 aliphatic rings. The number of carbonyl (C=O) groups is 1. The quantitative estimate of drug-likeness (QED) is 0.777. The number of nitrogens with zero attached hydrogens (tertiary/aromatic N) is 1. The van der Waals surface area contributed by atoms with Crippen molar-refractivity contribution in [2.45, 2.75) is 6.04 Å². The highest BCUT2D eigenvalue weighted by atomic mass is 32.2. The molecule has 0 saturated carbocycles. The van der Waals surface area contributed by atoms with Gasteiger partial charge in [-0.15, -0.1) is 0 Å². The molecule has 0 radical (unpaired) electrons. The summed E-state index contributed by atoms with van der Waals surface area (Å²) in [7, 11) is -2.81. The van der Waals surface area contributed by atoms with Crippen molar-refractivity contribution in [1.29, 1.82) is 5.26 Å². The summed E-state index contributed by atoms with van der Waals surface area (Å²) in [6.45, 7) is 0. The summed E-state index contributed by atoms with van der Waals surface area (Å²) < 4.78 is 29.6. The van der Waals surface area contributed by atoms with E-state index in [4.69, 9.17) is 5.26 Å². The second-order valence-electron chi connectivity index (χ2n) is 3.43. The molecule has 0 fully saturated rings. The van der Waals surface area contributed by atoms with Crippen molar-refractivity contribution in [3.8, 4) is 6.07 Å². The zero-order valence-corrected chi connectivity index (χ0v) is 10.5. The zero-order chi connectivity index (χ0) is 13.6. The predicted molar refractivity (Wildman–Crippen MR) is 63.7 cm³/mol. The minimum atomic E-state index is -3.90. The Kier molecular flexibility index (Phi) is 4.83. The van der Waals surface area contributed by atoms with E-state index in [0.29, 0.717) is 5.56 Å². The molecule has 1 atom stereocenters. The van der Waals surface area contributed by atoms with Crippen LogP contribution >= 0.6 is 0 Å². The Balaban J connectivity index is 2.82. The van der Waals surface area contributed by atoms with E-state index in [-0.39, 0.29) is 0 Å². The van der Waals surface area contributed by atoms with Gasteiger partial charge in [-0.25, -0.2) is 8.42 Å². The number of nitriles is 1. The van der Waals surface area contributed by atoms with Gasteiger partial charge >= 0.3 is 5.97 Å². The molecule has 0 bridgehead atoms. The van der Waals surface area contributed by atoms with Crippen LogP contribution in [0.2, 0.25) is 0 Å². The topological polar surface area (TPSA) is 96.3 Å². The van der Waals surface area contributed by atoms with Crippen LogP contribution in [0.25, 0.3) is 0 Å². The number of nitrogens with one attached hydrogen (secondary N) is 1. The molecule has 1 aromatic carbocycles. The average molecular weight is 268 g/mol. The molecule has 0 aliphatic carbocycles. The Bertz CT molecular complexity index is 548. The monoisotopic (exact) mass is 268 g/mol. The number of hydrogen-bond acceptors (Lipinski definition) is 5. The maximum absolute atomic E-state index is 11.6. The van der Waals surface area contributed by atoms with Crippen molar-refractivity contribution in [2.75, 3.05) is 12.9 Å². The maximum atomic E-state index is 11.6. The van der Waals surface area contributed by atoms with Crippen LogP contribution < -0.4 is 4.72 Å². The molecule has 1 rings (SSSR count). The van der Waals surface area contributed by atoms with Gasteiger partial charge in [-0.1, -0.05) is 30.3 Å². The molecule has 1 aromatic rings. The number of esters is 1. The van der Waals surface area contributed by atoms with E-state index in [9.17, 15) is 13.2 Å². The number of ether oxygens (including phenoxy) is 1. The first-order valence-electron chi connectivity index (χ1n) is 5.00. The van der Waals surface area contributed by atoms with E-state index in [1.165, 1.54) is 0 Å². The fourth-order valence-electron chi connectivity index (χ4n) is 1.25. The van der Waals surface area contributed by atoms with Gasteiger partial charge in [0.1, 0.15) is 6.04 Å². The molecule has 18 heavy (non-hydrogen) atoms. The lowest BCUT2D eigenvalue weighted by Gasteiger charge is -2.11. The van der Waals surface area contributed by atoms with Crippen LogP contribution in [0.4, 0.5) is 0 Å². The lowest BCUT2D eigenvalue weighted by atomic mass is 10.1. The molecule has 96 valence electrons. The van der Waals surface area contributed by atoms with E-state index in [1.54, 1.807) is 30.3 Å². The summed E-state index contributed by atoms with van der Waals surface area (Å²) >= 11 is 0. The molecule has 6 nitrogen and oxygen atoms in total. The van der Waals surface area contributed by atoms with Gasteiger partial charge in [-0.2, -0.15) is 9.98 Å². The second kappa shape index (κ2) is 6.14. The number of rotatable bonds is 5. The number of sulfonamides is 1. The normalized spacial score (nSPS) is 12.4. The lowest BCUT2D eigenvalue weighted by Crippen LogP contribution is -2.33. The Labute approximate surface area is 105 Å². The van der Waals surface area contributed by atoms with Crippen LogP contribution in [0.3, 0.4) is 0 Å². The van der Waals surface area contributed by atoms with Crippen LogP contribution in [0.15, 0.2) is 30.3 Å². The van der Waals surface area contributed by atoms with Crippen LogP contribution in [0, 0.1) is 11.3 Å². The van der Waals surface area contributed by atoms with Crippen molar-refractivity contribution in [3.63, 3.8) is 0 Å². The molecule has 1 N–H and O–H groups in total. The van der Waals surface area contributed by atoms with Gasteiger partial charge in [0.2, 0.25) is 10.0 Å². The maximum Gasteiger partial charge on any atom is 0.322 e. The first-order valence-corrected chi connectivity index (χ1v) is 6.65. The predicted octanol–water partition coefficient (Wildman–Crippen LogP) is 0.344. The van der Waals surface area contributed by atoms with Crippen LogP contribution in [0.5, 0.6) is 0 Å². The molecular weight excluding hydrogens is 256 g/mol. The van der Waals surface area contributed by atoms with Crippen molar-refractivity contribution < 1.29 is 17.9 Å². The average Bonchev–Trinajstić information content (AvgIpc) is 2.36. The Morgan fingerprint density at radius 2 is 2.06 bits per heavy atom. The van der Waals surface area contributed by atoms with E-state index < -0.39 is 27.8 Å². The molecule has 0 aromatic heterocycles. The summed E-state index contributed by atoms with van der Waals surface area (Å²) in [5.74, 6) is -1.69. The first kappa shape index (κ1) is 14.2. The van der Waals surface area contributed by atoms with E-state index >= 15 is 0 Å². The van der Waals surface area contributed by atoms with Gasteiger partial charge in [0.25, 0.3) is 0 Å². The van der Waals surface area contributed by atoms with Gasteiger partial charge in [-0.3, -0.25) is 4.79 Å². The van der Waals surface area contributed by atoms with Crippen molar-refractivity contribution in [2.24, 2.45) is 0 Å². The van der Waals surface area contributed by atoms with Crippen LogP contribution in [0.1, 0.15) is 11.6 Å². The molecule has 7 heteroatoms. The zero-order valence-electron chi connectivity index (χ0n) is 9.66. The van der Waals surface area contributed by atoms with Crippen molar-refractivity contribution in [1.82, 2.24) is 4.72 Å². The minimum Gasteiger partial charge on any atom is -0.468 e. The van der Waals surface area contributed by atoms with Gasteiger partial charge in [0.15, 0.2) is 5.75 Å². The van der Waals surface area contributed by atoms with Crippen LogP contribution in [-0.4, -0.2) is 27.2 Å². The summed E-state index contributed by atoms with van der Waals surface area (Å²) in [6.07, 6.45) is 0. The molecule has 1 unspecified atom stereocenters. The second-order valence-corrected chi connectivity index (χ2v) is 5.18. The third-order valence-electron chi connectivity index (χ3n) is 2.09.